The van der Waals surface area contributed by atoms with Gasteiger partial charge in [-0.2, -0.15) is 0 Å². The molecule has 0 radical (unpaired) electrons. The SMILES string of the molecule is CCC(C)C(N)C(=O)NCc1cccc(CN(C)C)c1.Cl.Cl. The van der Waals surface area contributed by atoms with Gasteiger partial charge in [0.2, 0.25) is 5.91 Å². The van der Waals surface area contributed by atoms with Crippen LogP contribution in [-0.4, -0.2) is 30.9 Å². The largest absolute Gasteiger partial charge is 0.351 e. The number of carbonyl (C=O) groups excluding carboxylic acids is 1. The van der Waals surface area contributed by atoms with E-state index in [2.05, 4.69) is 22.3 Å². The van der Waals surface area contributed by atoms with Crippen LogP contribution in [-0.2, 0) is 17.9 Å². The average molecular weight is 350 g/mol. The van der Waals surface area contributed by atoms with Crippen molar-refractivity contribution in [3.05, 3.63) is 35.4 Å². The molecule has 0 saturated carbocycles. The number of nitrogens with one attached hydrogen (secondary N) is 1. The highest BCUT2D eigenvalue weighted by molar-refractivity contribution is 5.85. The minimum atomic E-state index is -0.426. The van der Waals surface area contributed by atoms with E-state index >= 15 is 0 Å². The van der Waals surface area contributed by atoms with Crippen molar-refractivity contribution in [3.8, 4) is 0 Å². The molecule has 2 atom stereocenters. The highest BCUT2D eigenvalue weighted by atomic mass is 35.5. The van der Waals surface area contributed by atoms with Gasteiger partial charge >= 0.3 is 0 Å². The summed E-state index contributed by atoms with van der Waals surface area (Å²) in [7, 11) is 4.08. The molecule has 0 spiro atoms. The van der Waals surface area contributed by atoms with Crippen molar-refractivity contribution in [3.63, 3.8) is 0 Å². The van der Waals surface area contributed by atoms with Crippen LogP contribution in [0.4, 0.5) is 0 Å². The topological polar surface area (TPSA) is 58.4 Å². The zero-order valence-electron chi connectivity index (χ0n) is 13.8. The van der Waals surface area contributed by atoms with Gasteiger partial charge in [-0.1, -0.05) is 44.5 Å². The summed E-state index contributed by atoms with van der Waals surface area (Å²) in [5, 5.41) is 2.92. The van der Waals surface area contributed by atoms with E-state index < -0.39 is 6.04 Å². The van der Waals surface area contributed by atoms with Crippen molar-refractivity contribution in [1.82, 2.24) is 10.2 Å². The molecule has 0 heterocycles. The number of nitrogens with two attached hydrogens (primary N) is 1. The molecule has 0 aliphatic carbocycles. The van der Waals surface area contributed by atoms with Crippen molar-refractivity contribution in [1.29, 1.82) is 0 Å². The smallest absolute Gasteiger partial charge is 0.237 e. The number of hydrogen-bond donors (Lipinski definition) is 2. The number of hydrogen-bond acceptors (Lipinski definition) is 3. The number of carbonyl (C=O) groups is 1. The van der Waals surface area contributed by atoms with Gasteiger partial charge in [0.1, 0.15) is 0 Å². The Bertz CT molecular complexity index is 441. The fourth-order valence-electron chi connectivity index (χ4n) is 2.02. The Hall–Kier alpha value is -0.810. The van der Waals surface area contributed by atoms with E-state index in [0.717, 1.165) is 18.5 Å². The maximum Gasteiger partial charge on any atom is 0.237 e. The summed E-state index contributed by atoms with van der Waals surface area (Å²) < 4.78 is 0. The maximum absolute atomic E-state index is 11.9. The number of rotatable bonds is 7. The van der Waals surface area contributed by atoms with Gasteiger partial charge in [-0.3, -0.25) is 4.79 Å². The lowest BCUT2D eigenvalue weighted by Gasteiger charge is -2.18. The lowest BCUT2D eigenvalue weighted by atomic mass is 9.99. The normalized spacial score (nSPS) is 12.8. The highest BCUT2D eigenvalue weighted by Crippen LogP contribution is 2.08. The standard InChI is InChI=1S/C16H27N3O.2ClH/c1-5-12(2)15(17)16(20)18-10-13-7-6-8-14(9-13)11-19(3)4;;/h6-9,12,15H,5,10-11,17H2,1-4H3,(H,18,20);2*1H. The quantitative estimate of drug-likeness (QED) is 0.795. The Balaban J connectivity index is 0. The van der Waals surface area contributed by atoms with Crippen LogP contribution in [0.25, 0.3) is 0 Å². The molecule has 0 aromatic heterocycles. The molecular weight excluding hydrogens is 321 g/mol. The molecule has 1 aromatic carbocycles. The van der Waals surface area contributed by atoms with Gasteiger partial charge in [0.15, 0.2) is 0 Å². The number of amides is 1. The van der Waals surface area contributed by atoms with Gasteiger partial charge in [-0.25, -0.2) is 0 Å². The van der Waals surface area contributed by atoms with Crippen molar-refractivity contribution < 1.29 is 4.79 Å². The molecule has 0 aliphatic rings. The summed E-state index contributed by atoms with van der Waals surface area (Å²) in [6, 6.07) is 7.83. The van der Waals surface area contributed by atoms with Gasteiger partial charge < -0.3 is 16.0 Å². The molecule has 1 rings (SSSR count). The van der Waals surface area contributed by atoms with Crippen LogP contribution in [0.1, 0.15) is 31.4 Å². The lowest BCUT2D eigenvalue weighted by molar-refractivity contribution is -0.123. The summed E-state index contributed by atoms with van der Waals surface area (Å²) in [5.41, 5.74) is 8.26. The second kappa shape index (κ2) is 11.7. The minimum Gasteiger partial charge on any atom is -0.351 e. The molecule has 1 aromatic rings. The Morgan fingerprint density at radius 3 is 2.41 bits per heavy atom. The van der Waals surface area contributed by atoms with Gasteiger partial charge in [-0.05, 0) is 31.1 Å². The van der Waals surface area contributed by atoms with Gasteiger partial charge in [0.05, 0.1) is 6.04 Å². The molecule has 0 fully saturated rings. The summed E-state index contributed by atoms with van der Waals surface area (Å²) in [6.45, 7) is 5.48. The third-order valence-electron chi connectivity index (χ3n) is 3.52. The Morgan fingerprint density at radius 1 is 1.27 bits per heavy atom. The first kappa shape index (κ1) is 23.5. The molecule has 0 aliphatic heterocycles. The first-order chi connectivity index (χ1) is 9.43. The predicted molar refractivity (Wildman–Crippen MR) is 97.6 cm³/mol. The van der Waals surface area contributed by atoms with Crippen LogP contribution >= 0.6 is 24.8 Å². The molecule has 128 valence electrons. The number of nitrogens with zero attached hydrogens (tertiary/aromatic N) is 1. The third-order valence-corrected chi connectivity index (χ3v) is 3.52. The van der Waals surface area contributed by atoms with E-state index in [-0.39, 0.29) is 36.6 Å². The summed E-state index contributed by atoms with van der Waals surface area (Å²) in [5.74, 6) is 0.132. The van der Waals surface area contributed by atoms with E-state index in [4.69, 9.17) is 5.73 Å². The fourth-order valence-corrected chi connectivity index (χ4v) is 2.02. The highest BCUT2D eigenvalue weighted by Gasteiger charge is 2.18. The van der Waals surface area contributed by atoms with Crippen LogP contribution in [0.15, 0.2) is 24.3 Å². The maximum atomic E-state index is 11.9. The summed E-state index contributed by atoms with van der Waals surface area (Å²) >= 11 is 0. The first-order valence-corrected chi connectivity index (χ1v) is 7.19. The molecule has 0 saturated heterocycles. The number of benzene rings is 1. The van der Waals surface area contributed by atoms with Crippen LogP contribution in [0.2, 0.25) is 0 Å². The molecule has 2 unspecified atom stereocenters. The van der Waals surface area contributed by atoms with Crippen LogP contribution < -0.4 is 11.1 Å². The second-order valence-electron chi connectivity index (χ2n) is 5.69. The predicted octanol–water partition coefficient (Wildman–Crippen LogP) is 2.58. The number of halogens is 2. The lowest BCUT2D eigenvalue weighted by Crippen LogP contribution is -2.44. The first-order valence-electron chi connectivity index (χ1n) is 7.19. The van der Waals surface area contributed by atoms with Gasteiger partial charge in [0, 0.05) is 13.1 Å². The average Bonchev–Trinajstić information content (AvgIpc) is 2.42. The van der Waals surface area contributed by atoms with E-state index in [9.17, 15) is 4.79 Å². The van der Waals surface area contributed by atoms with E-state index in [1.807, 2.05) is 40.1 Å². The van der Waals surface area contributed by atoms with Crippen LogP contribution in [0.5, 0.6) is 0 Å². The zero-order valence-corrected chi connectivity index (χ0v) is 15.5. The van der Waals surface area contributed by atoms with Gasteiger partial charge in [0.25, 0.3) is 0 Å². The fraction of sp³-hybridized carbons (Fsp3) is 0.562. The second-order valence-corrected chi connectivity index (χ2v) is 5.69. The van der Waals surface area contributed by atoms with Crippen LogP contribution in [0, 0.1) is 5.92 Å². The monoisotopic (exact) mass is 349 g/mol. The van der Waals surface area contributed by atoms with Crippen molar-refractivity contribution in [2.45, 2.75) is 39.4 Å². The molecule has 3 N–H and O–H groups in total. The van der Waals surface area contributed by atoms with Crippen molar-refractivity contribution in [2.24, 2.45) is 11.7 Å². The molecule has 22 heavy (non-hydrogen) atoms. The van der Waals surface area contributed by atoms with Crippen molar-refractivity contribution >= 4 is 30.7 Å². The van der Waals surface area contributed by atoms with E-state index in [1.165, 1.54) is 5.56 Å². The molecule has 0 bridgehead atoms. The van der Waals surface area contributed by atoms with Crippen LogP contribution in [0.3, 0.4) is 0 Å². The Morgan fingerprint density at radius 2 is 1.86 bits per heavy atom. The Labute approximate surface area is 146 Å². The van der Waals surface area contributed by atoms with E-state index in [1.54, 1.807) is 0 Å². The molecule has 1 amide bonds. The van der Waals surface area contributed by atoms with Crippen molar-refractivity contribution in [2.75, 3.05) is 14.1 Å². The Kier molecular flexibility index (Phi) is 12.5. The third kappa shape index (κ3) is 7.99. The molecule has 6 heteroatoms. The van der Waals surface area contributed by atoms with E-state index in [0.29, 0.717) is 6.54 Å². The molecule has 4 nitrogen and oxygen atoms in total. The van der Waals surface area contributed by atoms with Gasteiger partial charge in [-0.15, -0.1) is 24.8 Å². The zero-order chi connectivity index (χ0) is 15.1. The molecular formula is C16H29Cl2N3O. The summed E-state index contributed by atoms with van der Waals surface area (Å²) in [4.78, 5) is 14.1. The minimum absolute atomic E-state index is 0. The summed E-state index contributed by atoms with van der Waals surface area (Å²) in [6.07, 6.45) is 0.910.